The summed E-state index contributed by atoms with van der Waals surface area (Å²) in [6.45, 7) is 0. The molecule has 6 heteroatoms. The van der Waals surface area contributed by atoms with Crippen molar-refractivity contribution in [1.82, 2.24) is 0 Å². The first-order valence-electron chi connectivity index (χ1n) is 8.85. The monoisotopic (exact) mass is 441 g/mol. The zero-order chi connectivity index (χ0) is 20.3. The fourth-order valence-corrected chi connectivity index (χ4v) is 3.72. The number of nitrogens with zero attached hydrogens (tertiary/aromatic N) is 1. The van der Waals surface area contributed by atoms with Crippen molar-refractivity contribution in [3.63, 3.8) is 0 Å². The van der Waals surface area contributed by atoms with E-state index in [-0.39, 0.29) is 6.42 Å². The van der Waals surface area contributed by atoms with Crippen LogP contribution < -0.4 is 0 Å². The molecule has 2 aromatic carbocycles. The van der Waals surface area contributed by atoms with Crippen LogP contribution in [0.2, 0.25) is 0 Å². The van der Waals surface area contributed by atoms with Gasteiger partial charge in [-0.25, -0.2) is 0 Å². The van der Waals surface area contributed by atoms with Crippen molar-refractivity contribution in [2.45, 2.75) is 43.4 Å². The topological polar surface area (TPSA) is 93.7 Å². The molecule has 0 spiro atoms. The molecule has 1 unspecified atom stereocenters. The second-order valence-corrected chi connectivity index (χ2v) is 7.65. The van der Waals surface area contributed by atoms with E-state index in [0.717, 1.165) is 21.2 Å². The first-order valence-corrected chi connectivity index (χ1v) is 9.64. The Morgan fingerprint density at radius 2 is 1.75 bits per heavy atom. The number of benzene rings is 2. The standard InChI is InChI=1S/C22H20BrNO4/c1-2-13-3-5-14(6-4-13)11-16-12-15(7-8-17(16)23)22-21(27)20(26)19(25)18(28-22)9-10-24/h1,3-8,12,18-22,25-27H,9,11H2/t18?,19-,20+,21-,22+/m1/s1. The Hall–Kier alpha value is -2.19. The van der Waals surface area contributed by atoms with Crippen molar-refractivity contribution >= 4 is 15.9 Å². The predicted molar refractivity (Wildman–Crippen MR) is 107 cm³/mol. The molecule has 2 aromatic rings. The van der Waals surface area contributed by atoms with Gasteiger partial charge >= 0.3 is 0 Å². The molecule has 3 rings (SSSR count). The smallest absolute Gasteiger partial charge is 0.113 e. The summed E-state index contributed by atoms with van der Waals surface area (Å²) in [5.74, 6) is 2.59. The number of aliphatic hydroxyl groups excluding tert-OH is 3. The van der Waals surface area contributed by atoms with Gasteiger partial charge in [-0.05, 0) is 41.3 Å². The number of hydrogen-bond acceptors (Lipinski definition) is 5. The maximum atomic E-state index is 10.4. The highest BCUT2D eigenvalue weighted by atomic mass is 79.9. The van der Waals surface area contributed by atoms with Gasteiger partial charge < -0.3 is 20.1 Å². The average Bonchev–Trinajstić information content (AvgIpc) is 2.71. The third kappa shape index (κ3) is 4.28. The van der Waals surface area contributed by atoms with E-state index in [2.05, 4.69) is 21.9 Å². The van der Waals surface area contributed by atoms with E-state index in [4.69, 9.17) is 16.4 Å². The van der Waals surface area contributed by atoms with Crippen LogP contribution in [-0.2, 0) is 11.2 Å². The fourth-order valence-electron chi connectivity index (χ4n) is 3.33. The Bertz CT molecular complexity index is 916. The first-order chi connectivity index (χ1) is 13.4. The van der Waals surface area contributed by atoms with Gasteiger partial charge in [0, 0.05) is 10.0 Å². The molecular weight excluding hydrogens is 422 g/mol. The van der Waals surface area contributed by atoms with E-state index in [9.17, 15) is 15.3 Å². The number of aliphatic hydroxyl groups is 3. The quantitative estimate of drug-likeness (QED) is 0.633. The Morgan fingerprint density at radius 3 is 2.39 bits per heavy atom. The highest BCUT2D eigenvalue weighted by Crippen LogP contribution is 2.35. The number of terminal acetylenes is 1. The van der Waals surface area contributed by atoms with E-state index in [1.165, 1.54) is 0 Å². The second kappa shape index (κ2) is 8.87. The number of rotatable bonds is 4. The molecule has 1 saturated heterocycles. The van der Waals surface area contributed by atoms with Gasteiger partial charge in [0.25, 0.3) is 0 Å². The molecule has 5 atom stereocenters. The summed E-state index contributed by atoms with van der Waals surface area (Å²) >= 11 is 3.55. The minimum absolute atomic E-state index is 0.0770. The van der Waals surface area contributed by atoms with Crippen molar-refractivity contribution in [2.24, 2.45) is 0 Å². The van der Waals surface area contributed by atoms with E-state index < -0.39 is 30.5 Å². The predicted octanol–water partition coefficient (Wildman–Crippen LogP) is 2.46. The summed E-state index contributed by atoms with van der Waals surface area (Å²) in [7, 11) is 0. The van der Waals surface area contributed by atoms with Crippen LogP contribution in [0.4, 0.5) is 0 Å². The number of ether oxygens (including phenoxy) is 1. The zero-order valence-corrected chi connectivity index (χ0v) is 16.6. The second-order valence-electron chi connectivity index (χ2n) is 6.80. The summed E-state index contributed by atoms with van der Waals surface area (Å²) in [6.07, 6.45) is 0.249. The molecule has 1 aliphatic rings. The van der Waals surface area contributed by atoms with Crippen molar-refractivity contribution < 1.29 is 20.1 Å². The SMILES string of the molecule is C#Cc1ccc(Cc2cc([C@@H]3OC(CC#N)[C@@H](O)[C@H](O)[C@H]3O)ccc2Br)cc1. The lowest BCUT2D eigenvalue weighted by atomic mass is 9.89. The highest BCUT2D eigenvalue weighted by molar-refractivity contribution is 9.10. The Morgan fingerprint density at radius 1 is 1.04 bits per heavy atom. The highest BCUT2D eigenvalue weighted by Gasteiger charge is 2.44. The van der Waals surface area contributed by atoms with Gasteiger partial charge in [-0.1, -0.05) is 46.1 Å². The van der Waals surface area contributed by atoms with Crippen LogP contribution >= 0.6 is 15.9 Å². The van der Waals surface area contributed by atoms with E-state index in [0.29, 0.717) is 12.0 Å². The van der Waals surface area contributed by atoms with E-state index >= 15 is 0 Å². The van der Waals surface area contributed by atoms with E-state index in [1.807, 2.05) is 42.5 Å². The molecule has 5 nitrogen and oxygen atoms in total. The minimum Gasteiger partial charge on any atom is -0.388 e. The van der Waals surface area contributed by atoms with Crippen LogP contribution in [0.15, 0.2) is 46.9 Å². The van der Waals surface area contributed by atoms with Crippen LogP contribution in [0.25, 0.3) is 0 Å². The van der Waals surface area contributed by atoms with Crippen LogP contribution in [0.1, 0.15) is 34.8 Å². The average molecular weight is 442 g/mol. The number of nitriles is 1. The summed E-state index contributed by atoms with van der Waals surface area (Å²) in [5.41, 5.74) is 3.52. The van der Waals surface area contributed by atoms with Gasteiger partial charge in [0.15, 0.2) is 0 Å². The fraction of sp³-hybridized carbons (Fsp3) is 0.318. The molecule has 0 amide bonds. The zero-order valence-electron chi connectivity index (χ0n) is 15.0. The van der Waals surface area contributed by atoms with Gasteiger partial charge in [-0.3, -0.25) is 0 Å². The van der Waals surface area contributed by atoms with Crippen molar-refractivity contribution in [3.8, 4) is 18.4 Å². The summed E-state index contributed by atoms with van der Waals surface area (Å²) in [4.78, 5) is 0. The summed E-state index contributed by atoms with van der Waals surface area (Å²) in [6, 6.07) is 15.2. The van der Waals surface area contributed by atoms with Gasteiger partial charge in [0.1, 0.15) is 24.4 Å². The molecule has 0 bridgehead atoms. The molecule has 1 heterocycles. The van der Waals surface area contributed by atoms with Crippen molar-refractivity contribution in [1.29, 1.82) is 5.26 Å². The maximum Gasteiger partial charge on any atom is 0.113 e. The van der Waals surface area contributed by atoms with Crippen LogP contribution in [0.3, 0.4) is 0 Å². The Balaban J connectivity index is 1.87. The number of hydrogen-bond donors (Lipinski definition) is 3. The van der Waals surface area contributed by atoms with Gasteiger partial charge in [0.05, 0.1) is 18.6 Å². The summed E-state index contributed by atoms with van der Waals surface area (Å²) in [5, 5.41) is 39.5. The first kappa shape index (κ1) is 20.5. The normalized spacial score (nSPS) is 27.0. The molecule has 0 radical (unpaired) electrons. The Kier molecular flexibility index (Phi) is 6.51. The summed E-state index contributed by atoms with van der Waals surface area (Å²) < 4.78 is 6.66. The van der Waals surface area contributed by atoms with Crippen LogP contribution in [0, 0.1) is 23.7 Å². The largest absolute Gasteiger partial charge is 0.388 e. The molecule has 1 fully saturated rings. The molecular formula is C22H20BrNO4. The lowest BCUT2D eigenvalue weighted by Crippen LogP contribution is -2.54. The van der Waals surface area contributed by atoms with Crippen molar-refractivity contribution in [3.05, 3.63) is 69.2 Å². The molecule has 28 heavy (non-hydrogen) atoms. The third-order valence-electron chi connectivity index (χ3n) is 4.92. The lowest BCUT2D eigenvalue weighted by molar-refractivity contribution is -0.223. The molecule has 1 aliphatic heterocycles. The molecule has 144 valence electrons. The molecule has 3 N–H and O–H groups in total. The van der Waals surface area contributed by atoms with Gasteiger partial charge in [-0.2, -0.15) is 5.26 Å². The van der Waals surface area contributed by atoms with E-state index in [1.54, 1.807) is 6.07 Å². The van der Waals surface area contributed by atoms with Crippen molar-refractivity contribution in [2.75, 3.05) is 0 Å². The lowest BCUT2D eigenvalue weighted by Gasteiger charge is -2.40. The van der Waals surface area contributed by atoms with Crippen LogP contribution in [0.5, 0.6) is 0 Å². The molecule has 0 saturated carbocycles. The maximum absolute atomic E-state index is 10.4. The molecule has 0 aliphatic carbocycles. The Labute approximate surface area is 172 Å². The van der Waals surface area contributed by atoms with Gasteiger partial charge in [-0.15, -0.1) is 6.42 Å². The third-order valence-corrected chi connectivity index (χ3v) is 5.69. The van der Waals surface area contributed by atoms with Crippen LogP contribution in [-0.4, -0.2) is 39.7 Å². The minimum atomic E-state index is -1.39. The molecule has 0 aromatic heterocycles. The number of halogens is 1. The van der Waals surface area contributed by atoms with Gasteiger partial charge in [0.2, 0.25) is 0 Å².